The number of nitrogens with zero attached hydrogens (tertiary/aromatic N) is 1. The van der Waals surface area contributed by atoms with Crippen LogP contribution < -0.4 is 0 Å². The molecule has 0 N–H and O–H groups in total. The van der Waals surface area contributed by atoms with E-state index in [2.05, 4.69) is 0 Å². The first-order valence-corrected chi connectivity index (χ1v) is 5.77. The van der Waals surface area contributed by atoms with Crippen molar-refractivity contribution in [3.8, 4) is 0 Å². The van der Waals surface area contributed by atoms with E-state index >= 15 is 0 Å². The number of hydrogen-bond acceptors (Lipinski definition) is 5. The molecule has 0 unspecified atom stereocenters. The molecule has 1 amide bonds. The Kier molecular flexibility index (Phi) is 8.26. The minimum absolute atomic E-state index is 0.226. The lowest BCUT2D eigenvalue weighted by Gasteiger charge is -2.18. The van der Waals surface area contributed by atoms with E-state index < -0.39 is 17.8 Å². The Balaban J connectivity index is 4.56. The standard InChI is InChI=1S/C12H19NO5/c1-4-7-10(14)13(8-11(15)17-5-2)9-12(16)18-6-3/h4,7H,5-6,8-9H2,1-3H3/b7-4+. The van der Waals surface area contributed by atoms with Gasteiger partial charge >= 0.3 is 11.9 Å². The molecule has 18 heavy (non-hydrogen) atoms. The van der Waals surface area contributed by atoms with E-state index in [0.29, 0.717) is 0 Å². The maximum absolute atomic E-state index is 11.6. The van der Waals surface area contributed by atoms with Gasteiger partial charge in [0.15, 0.2) is 0 Å². The van der Waals surface area contributed by atoms with E-state index in [4.69, 9.17) is 9.47 Å². The van der Waals surface area contributed by atoms with Crippen molar-refractivity contribution in [1.29, 1.82) is 0 Å². The third-order valence-electron chi connectivity index (χ3n) is 1.87. The first kappa shape index (κ1) is 16.1. The molecule has 0 atom stereocenters. The van der Waals surface area contributed by atoms with Gasteiger partial charge in [0.05, 0.1) is 13.2 Å². The predicted octanol–water partition coefficient (Wildman–Crippen LogP) is 0.517. The van der Waals surface area contributed by atoms with E-state index in [1.165, 1.54) is 12.2 Å². The summed E-state index contributed by atoms with van der Waals surface area (Å²) in [6.07, 6.45) is 2.81. The molecule has 6 heteroatoms. The molecule has 0 aromatic rings. The van der Waals surface area contributed by atoms with Crippen LogP contribution in [0.25, 0.3) is 0 Å². The second-order valence-electron chi connectivity index (χ2n) is 3.30. The molecule has 102 valence electrons. The fraction of sp³-hybridized carbons (Fsp3) is 0.583. The van der Waals surface area contributed by atoms with Crippen LogP contribution in [-0.4, -0.2) is 49.0 Å². The highest BCUT2D eigenvalue weighted by molar-refractivity contribution is 5.92. The lowest BCUT2D eigenvalue weighted by atomic mass is 10.4. The van der Waals surface area contributed by atoms with Gasteiger partial charge in [-0.1, -0.05) is 6.08 Å². The van der Waals surface area contributed by atoms with Gasteiger partial charge in [-0.05, 0) is 26.8 Å². The largest absolute Gasteiger partial charge is 0.465 e. The SMILES string of the molecule is C/C=C/C(=O)N(CC(=O)OCC)CC(=O)OCC. The highest BCUT2D eigenvalue weighted by Gasteiger charge is 2.19. The Morgan fingerprint density at radius 1 is 1.00 bits per heavy atom. The Hall–Kier alpha value is -1.85. The minimum atomic E-state index is -0.556. The van der Waals surface area contributed by atoms with Crippen molar-refractivity contribution in [2.45, 2.75) is 20.8 Å². The van der Waals surface area contributed by atoms with Crippen LogP contribution in [0.5, 0.6) is 0 Å². The smallest absolute Gasteiger partial charge is 0.325 e. The molecule has 0 saturated heterocycles. The molecule has 0 saturated carbocycles. The number of ether oxygens (including phenoxy) is 2. The molecule has 0 aliphatic heterocycles. The van der Waals surface area contributed by atoms with E-state index in [9.17, 15) is 14.4 Å². The van der Waals surface area contributed by atoms with Crippen molar-refractivity contribution in [3.05, 3.63) is 12.2 Å². The fourth-order valence-electron chi connectivity index (χ4n) is 1.18. The van der Waals surface area contributed by atoms with Gasteiger partial charge in [0.25, 0.3) is 0 Å². The van der Waals surface area contributed by atoms with Crippen molar-refractivity contribution in [1.82, 2.24) is 4.90 Å². The molecule has 0 rings (SSSR count). The maximum atomic E-state index is 11.6. The van der Waals surface area contributed by atoms with Gasteiger partial charge in [-0.15, -0.1) is 0 Å². The third kappa shape index (κ3) is 6.67. The van der Waals surface area contributed by atoms with Crippen molar-refractivity contribution in [2.24, 2.45) is 0 Å². The van der Waals surface area contributed by atoms with Crippen LogP contribution in [0, 0.1) is 0 Å². The monoisotopic (exact) mass is 257 g/mol. The summed E-state index contributed by atoms with van der Waals surface area (Å²) in [5, 5.41) is 0. The number of carbonyl (C=O) groups is 3. The molecule has 0 aliphatic carbocycles. The average molecular weight is 257 g/mol. The highest BCUT2D eigenvalue weighted by Crippen LogP contribution is 1.96. The topological polar surface area (TPSA) is 72.9 Å². The first-order chi connectivity index (χ1) is 8.54. The number of esters is 2. The van der Waals surface area contributed by atoms with E-state index in [-0.39, 0.29) is 26.3 Å². The van der Waals surface area contributed by atoms with Crippen molar-refractivity contribution in [2.75, 3.05) is 26.3 Å². The van der Waals surface area contributed by atoms with Gasteiger partial charge in [-0.3, -0.25) is 14.4 Å². The van der Waals surface area contributed by atoms with Crippen LogP contribution in [-0.2, 0) is 23.9 Å². The molecular weight excluding hydrogens is 238 g/mol. The second-order valence-corrected chi connectivity index (χ2v) is 3.30. The lowest BCUT2D eigenvalue weighted by Crippen LogP contribution is -2.39. The third-order valence-corrected chi connectivity index (χ3v) is 1.87. The lowest BCUT2D eigenvalue weighted by molar-refractivity contribution is -0.152. The number of carbonyl (C=O) groups excluding carboxylic acids is 3. The maximum Gasteiger partial charge on any atom is 0.325 e. The molecule has 0 spiro atoms. The molecule has 0 radical (unpaired) electrons. The zero-order valence-corrected chi connectivity index (χ0v) is 11.0. The normalized spacial score (nSPS) is 10.2. The average Bonchev–Trinajstić information content (AvgIpc) is 2.29. The molecule has 0 aromatic heterocycles. The van der Waals surface area contributed by atoms with Crippen molar-refractivity contribution in [3.63, 3.8) is 0 Å². The van der Waals surface area contributed by atoms with E-state index in [1.807, 2.05) is 0 Å². The number of rotatable bonds is 7. The van der Waals surface area contributed by atoms with E-state index in [1.54, 1.807) is 20.8 Å². The molecule has 0 aromatic carbocycles. The summed E-state index contributed by atoms with van der Waals surface area (Å²) >= 11 is 0. The molecule has 0 heterocycles. The number of allylic oxidation sites excluding steroid dienone is 1. The zero-order chi connectivity index (χ0) is 14.0. The predicted molar refractivity (Wildman–Crippen MR) is 64.7 cm³/mol. The van der Waals surface area contributed by atoms with Crippen LogP contribution >= 0.6 is 0 Å². The van der Waals surface area contributed by atoms with Gasteiger partial charge in [-0.2, -0.15) is 0 Å². The van der Waals surface area contributed by atoms with E-state index in [0.717, 1.165) is 4.90 Å². The molecule has 0 bridgehead atoms. The van der Waals surface area contributed by atoms with Crippen molar-refractivity contribution < 1.29 is 23.9 Å². The Morgan fingerprint density at radius 3 is 1.78 bits per heavy atom. The molecule has 0 aliphatic rings. The van der Waals surface area contributed by atoms with Crippen LogP contribution in [0.1, 0.15) is 20.8 Å². The Labute approximate surface area is 107 Å². The van der Waals surface area contributed by atoms with Crippen LogP contribution in [0.4, 0.5) is 0 Å². The molecule has 0 fully saturated rings. The summed E-state index contributed by atoms with van der Waals surface area (Å²) in [6.45, 7) is 4.92. The van der Waals surface area contributed by atoms with Crippen LogP contribution in [0.2, 0.25) is 0 Å². The summed E-state index contributed by atoms with van der Waals surface area (Å²) in [5.41, 5.74) is 0. The Morgan fingerprint density at radius 2 is 1.44 bits per heavy atom. The Bertz CT molecular complexity index is 304. The summed E-state index contributed by atoms with van der Waals surface area (Å²) in [6, 6.07) is 0. The van der Waals surface area contributed by atoms with Gasteiger partial charge in [-0.25, -0.2) is 0 Å². The zero-order valence-electron chi connectivity index (χ0n) is 11.0. The van der Waals surface area contributed by atoms with Crippen LogP contribution in [0.3, 0.4) is 0 Å². The molecule has 6 nitrogen and oxygen atoms in total. The summed E-state index contributed by atoms with van der Waals surface area (Å²) in [4.78, 5) is 35.3. The fourth-order valence-corrected chi connectivity index (χ4v) is 1.18. The van der Waals surface area contributed by atoms with Gasteiger partial charge in [0.2, 0.25) is 5.91 Å². The second kappa shape index (κ2) is 9.21. The minimum Gasteiger partial charge on any atom is -0.465 e. The highest BCUT2D eigenvalue weighted by atomic mass is 16.5. The number of amides is 1. The van der Waals surface area contributed by atoms with Gasteiger partial charge in [0.1, 0.15) is 13.1 Å². The summed E-state index contributed by atoms with van der Waals surface area (Å²) < 4.78 is 9.47. The van der Waals surface area contributed by atoms with Gasteiger partial charge < -0.3 is 14.4 Å². The first-order valence-electron chi connectivity index (χ1n) is 5.77. The quantitative estimate of drug-likeness (QED) is 0.491. The van der Waals surface area contributed by atoms with Gasteiger partial charge in [0, 0.05) is 0 Å². The summed E-state index contributed by atoms with van der Waals surface area (Å²) in [7, 11) is 0. The van der Waals surface area contributed by atoms with Crippen LogP contribution in [0.15, 0.2) is 12.2 Å². The summed E-state index contributed by atoms with van der Waals surface area (Å²) in [5.74, 6) is -1.54. The molecular formula is C12H19NO5. The number of hydrogen-bond donors (Lipinski definition) is 0. The van der Waals surface area contributed by atoms with Crippen molar-refractivity contribution >= 4 is 17.8 Å².